The molecule has 0 aliphatic carbocycles. The predicted octanol–water partition coefficient (Wildman–Crippen LogP) is 2.66. The predicted molar refractivity (Wildman–Crippen MR) is 98.1 cm³/mol. The van der Waals surface area contributed by atoms with E-state index in [1.54, 1.807) is 32.2 Å². The second kappa shape index (κ2) is 9.72. The van der Waals surface area contributed by atoms with Gasteiger partial charge in [-0.05, 0) is 37.5 Å². The highest BCUT2D eigenvalue weighted by Gasteiger charge is 2.19. The van der Waals surface area contributed by atoms with Crippen LogP contribution >= 0.6 is 0 Å². The van der Waals surface area contributed by atoms with E-state index in [4.69, 9.17) is 9.26 Å². The van der Waals surface area contributed by atoms with Gasteiger partial charge in [-0.1, -0.05) is 24.2 Å². The number of aromatic nitrogens is 1. The number of methoxy groups -OCH3 is 1. The summed E-state index contributed by atoms with van der Waals surface area (Å²) in [7, 11) is 1.61. The molecule has 0 saturated heterocycles. The molecule has 0 saturated carbocycles. The van der Waals surface area contributed by atoms with Crippen LogP contribution in [0.4, 0.5) is 5.82 Å². The van der Waals surface area contributed by atoms with Gasteiger partial charge in [0.2, 0.25) is 5.91 Å². The number of anilines is 1. The normalized spacial score (nSPS) is 10.6. The standard InChI is InChI=1S/C19H25N3O4/c1-4-15-6-8-16(9-7-15)19(24)22(10-5-11-25-3)13-18(23)20-17-12-14(2)26-21-17/h6-9,12H,4-5,10-11,13H2,1-3H3,(H,20,21,23). The third-order valence-corrected chi connectivity index (χ3v) is 3.90. The van der Waals surface area contributed by atoms with Crippen LogP contribution < -0.4 is 5.32 Å². The number of carbonyl (C=O) groups is 2. The summed E-state index contributed by atoms with van der Waals surface area (Å²) in [6.45, 7) is 4.67. The maximum atomic E-state index is 12.8. The Balaban J connectivity index is 2.05. The van der Waals surface area contributed by atoms with Crippen LogP contribution in [-0.4, -0.2) is 48.7 Å². The number of aryl methyl sites for hydroxylation is 2. The van der Waals surface area contributed by atoms with Crippen molar-refractivity contribution in [3.63, 3.8) is 0 Å². The van der Waals surface area contributed by atoms with Gasteiger partial charge in [-0.15, -0.1) is 0 Å². The molecule has 2 aromatic rings. The number of hydrogen-bond donors (Lipinski definition) is 1. The number of nitrogens with one attached hydrogen (secondary N) is 1. The molecule has 0 aliphatic rings. The highest BCUT2D eigenvalue weighted by atomic mass is 16.5. The minimum absolute atomic E-state index is 0.0655. The number of ether oxygens (including phenoxy) is 1. The van der Waals surface area contributed by atoms with Gasteiger partial charge in [0, 0.05) is 31.9 Å². The second-order valence-corrected chi connectivity index (χ2v) is 5.99. The van der Waals surface area contributed by atoms with Crippen molar-refractivity contribution in [3.05, 3.63) is 47.2 Å². The van der Waals surface area contributed by atoms with E-state index in [-0.39, 0.29) is 18.4 Å². The Labute approximate surface area is 153 Å². The molecule has 0 aliphatic heterocycles. The van der Waals surface area contributed by atoms with Crippen LogP contribution in [0.5, 0.6) is 0 Å². The topological polar surface area (TPSA) is 84.7 Å². The van der Waals surface area contributed by atoms with Crippen molar-refractivity contribution in [2.45, 2.75) is 26.7 Å². The Kier molecular flexibility index (Phi) is 7.35. The van der Waals surface area contributed by atoms with E-state index in [1.807, 2.05) is 12.1 Å². The van der Waals surface area contributed by atoms with Crippen molar-refractivity contribution < 1.29 is 18.8 Å². The fourth-order valence-electron chi connectivity index (χ4n) is 2.50. The second-order valence-electron chi connectivity index (χ2n) is 5.99. The third-order valence-electron chi connectivity index (χ3n) is 3.90. The van der Waals surface area contributed by atoms with Crippen molar-refractivity contribution in [2.24, 2.45) is 0 Å². The zero-order valence-corrected chi connectivity index (χ0v) is 15.4. The molecule has 1 aromatic heterocycles. The van der Waals surface area contributed by atoms with Crippen molar-refractivity contribution in [2.75, 3.05) is 32.1 Å². The van der Waals surface area contributed by atoms with Crippen molar-refractivity contribution in [3.8, 4) is 0 Å². The Hall–Kier alpha value is -2.67. The summed E-state index contributed by atoms with van der Waals surface area (Å²) < 4.78 is 9.98. The monoisotopic (exact) mass is 359 g/mol. The fourth-order valence-corrected chi connectivity index (χ4v) is 2.50. The highest BCUT2D eigenvalue weighted by molar-refractivity contribution is 5.99. The number of amides is 2. The Morgan fingerprint density at radius 2 is 2.00 bits per heavy atom. The van der Waals surface area contributed by atoms with Crippen molar-refractivity contribution in [1.29, 1.82) is 0 Å². The molecule has 2 amide bonds. The van der Waals surface area contributed by atoms with Gasteiger partial charge in [0.15, 0.2) is 5.82 Å². The zero-order valence-electron chi connectivity index (χ0n) is 15.4. The fraction of sp³-hybridized carbons (Fsp3) is 0.421. The van der Waals surface area contributed by atoms with E-state index in [1.165, 1.54) is 4.90 Å². The molecule has 1 heterocycles. The lowest BCUT2D eigenvalue weighted by Gasteiger charge is -2.22. The van der Waals surface area contributed by atoms with E-state index >= 15 is 0 Å². The lowest BCUT2D eigenvalue weighted by Crippen LogP contribution is -2.39. The molecule has 7 nitrogen and oxygen atoms in total. The Morgan fingerprint density at radius 3 is 2.58 bits per heavy atom. The number of rotatable bonds is 9. The third kappa shape index (κ3) is 5.70. The molecule has 26 heavy (non-hydrogen) atoms. The maximum Gasteiger partial charge on any atom is 0.254 e. The van der Waals surface area contributed by atoms with Gasteiger partial charge in [0.05, 0.1) is 0 Å². The van der Waals surface area contributed by atoms with Crippen LogP contribution in [0.3, 0.4) is 0 Å². The molecule has 0 bridgehead atoms. The van der Waals surface area contributed by atoms with Crippen molar-refractivity contribution >= 4 is 17.6 Å². The molecular weight excluding hydrogens is 334 g/mol. The molecule has 0 unspecified atom stereocenters. The summed E-state index contributed by atoms with van der Waals surface area (Å²) in [6.07, 6.45) is 1.55. The number of hydrogen-bond acceptors (Lipinski definition) is 5. The molecule has 0 fully saturated rings. The largest absolute Gasteiger partial charge is 0.385 e. The van der Waals surface area contributed by atoms with Gasteiger partial charge in [0.1, 0.15) is 12.3 Å². The van der Waals surface area contributed by atoms with Crippen LogP contribution in [-0.2, 0) is 16.0 Å². The van der Waals surface area contributed by atoms with Crippen LogP contribution in [0.25, 0.3) is 0 Å². The van der Waals surface area contributed by atoms with Crippen LogP contribution in [0, 0.1) is 6.92 Å². The Bertz CT molecular complexity index is 725. The minimum Gasteiger partial charge on any atom is -0.385 e. The van der Waals surface area contributed by atoms with E-state index in [0.29, 0.717) is 36.7 Å². The zero-order chi connectivity index (χ0) is 18.9. The molecule has 0 atom stereocenters. The average molecular weight is 359 g/mol. The molecule has 7 heteroatoms. The summed E-state index contributed by atoms with van der Waals surface area (Å²) in [5.41, 5.74) is 1.72. The number of carbonyl (C=O) groups excluding carboxylic acids is 2. The first-order valence-corrected chi connectivity index (χ1v) is 8.63. The number of nitrogens with zero attached hydrogens (tertiary/aromatic N) is 2. The quantitative estimate of drug-likeness (QED) is 0.696. The van der Waals surface area contributed by atoms with Crippen LogP contribution in [0.2, 0.25) is 0 Å². The summed E-state index contributed by atoms with van der Waals surface area (Å²) in [6, 6.07) is 9.07. The van der Waals surface area contributed by atoms with E-state index < -0.39 is 0 Å². The molecule has 1 N–H and O–H groups in total. The van der Waals surface area contributed by atoms with E-state index in [2.05, 4.69) is 17.4 Å². The molecular formula is C19H25N3O4. The summed E-state index contributed by atoms with van der Waals surface area (Å²) >= 11 is 0. The first-order chi connectivity index (χ1) is 12.5. The van der Waals surface area contributed by atoms with Gasteiger partial charge < -0.3 is 19.5 Å². The minimum atomic E-state index is -0.325. The molecule has 0 spiro atoms. The van der Waals surface area contributed by atoms with Gasteiger partial charge in [0.25, 0.3) is 5.91 Å². The highest BCUT2D eigenvalue weighted by Crippen LogP contribution is 2.11. The lowest BCUT2D eigenvalue weighted by atomic mass is 10.1. The van der Waals surface area contributed by atoms with Crippen molar-refractivity contribution in [1.82, 2.24) is 10.1 Å². The molecule has 1 aromatic carbocycles. The first-order valence-electron chi connectivity index (χ1n) is 8.63. The summed E-state index contributed by atoms with van der Waals surface area (Å²) in [5.74, 6) is 0.429. The summed E-state index contributed by atoms with van der Waals surface area (Å²) in [4.78, 5) is 26.6. The summed E-state index contributed by atoms with van der Waals surface area (Å²) in [5, 5.41) is 6.37. The van der Waals surface area contributed by atoms with Gasteiger partial charge in [-0.3, -0.25) is 9.59 Å². The molecule has 2 rings (SSSR count). The van der Waals surface area contributed by atoms with Crippen LogP contribution in [0.1, 0.15) is 35.0 Å². The molecule has 140 valence electrons. The first kappa shape index (κ1) is 19.7. The average Bonchev–Trinajstić information content (AvgIpc) is 3.05. The number of benzene rings is 1. The smallest absolute Gasteiger partial charge is 0.254 e. The van der Waals surface area contributed by atoms with Gasteiger partial charge in [-0.25, -0.2) is 0 Å². The SMILES string of the molecule is CCc1ccc(C(=O)N(CCCOC)CC(=O)Nc2cc(C)on2)cc1. The van der Waals surface area contributed by atoms with E-state index in [9.17, 15) is 9.59 Å². The van der Waals surface area contributed by atoms with Gasteiger partial charge >= 0.3 is 0 Å². The Morgan fingerprint density at radius 1 is 1.27 bits per heavy atom. The van der Waals surface area contributed by atoms with E-state index in [0.717, 1.165) is 12.0 Å². The van der Waals surface area contributed by atoms with Gasteiger partial charge in [-0.2, -0.15) is 0 Å². The molecule has 0 radical (unpaired) electrons. The van der Waals surface area contributed by atoms with Crippen LogP contribution in [0.15, 0.2) is 34.9 Å². The lowest BCUT2D eigenvalue weighted by molar-refractivity contribution is -0.117. The maximum absolute atomic E-state index is 12.8.